The minimum Gasteiger partial charge on any atom is -0.444 e. The largest absolute Gasteiger partial charge is 0.444 e. The number of allylic oxidation sites excluding steroid dienone is 1. The molecule has 0 bridgehead atoms. The Bertz CT molecular complexity index is 1290. The molecule has 42 heavy (non-hydrogen) atoms. The van der Waals surface area contributed by atoms with Gasteiger partial charge in [0.1, 0.15) is 17.5 Å². The Balaban J connectivity index is 1.94. The molecule has 3 amide bonds. The van der Waals surface area contributed by atoms with Crippen LogP contribution in [0.5, 0.6) is 0 Å². The van der Waals surface area contributed by atoms with E-state index in [-0.39, 0.29) is 17.8 Å². The molecule has 230 valence electrons. The van der Waals surface area contributed by atoms with Crippen molar-refractivity contribution in [3.8, 4) is 0 Å². The van der Waals surface area contributed by atoms with Gasteiger partial charge in [-0.05, 0) is 78.2 Å². The Morgan fingerprint density at radius 3 is 2.38 bits per heavy atom. The number of carbonyl (C=O) groups excluding carboxylic acids is 3. The van der Waals surface area contributed by atoms with Crippen molar-refractivity contribution >= 4 is 53.2 Å². The molecule has 0 aliphatic heterocycles. The van der Waals surface area contributed by atoms with Crippen molar-refractivity contribution in [2.45, 2.75) is 66.1 Å². The Labute approximate surface area is 252 Å². The molecule has 12 nitrogen and oxygen atoms in total. The van der Waals surface area contributed by atoms with E-state index in [2.05, 4.69) is 27.3 Å². The first-order valence-electron chi connectivity index (χ1n) is 13.5. The van der Waals surface area contributed by atoms with Crippen LogP contribution in [0.3, 0.4) is 0 Å². The number of rotatable bonds is 11. The molecule has 13 heteroatoms. The predicted molar refractivity (Wildman–Crippen MR) is 164 cm³/mol. The van der Waals surface area contributed by atoms with Crippen LogP contribution in [-0.4, -0.2) is 77.1 Å². The van der Waals surface area contributed by atoms with Gasteiger partial charge in [0.15, 0.2) is 5.69 Å². The van der Waals surface area contributed by atoms with Crippen LogP contribution >= 0.6 is 11.6 Å². The van der Waals surface area contributed by atoms with Crippen molar-refractivity contribution in [2.75, 3.05) is 37.3 Å². The van der Waals surface area contributed by atoms with Crippen molar-refractivity contribution in [3.63, 3.8) is 0 Å². The molecule has 1 aromatic heterocycles. The van der Waals surface area contributed by atoms with E-state index < -0.39 is 23.2 Å². The van der Waals surface area contributed by atoms with Crippen LogP contribution in [0.15, 0.2) is 40.6 Å². The van der Waals surface area contributed by atoms with Crippen molar-refractivity contribution in [3.05, 3.63) is 47.3 Å². The third-order valence-corrected chi connectivity index (χ3v) is 5.61. The molecule has 2 N–H and O–H groups in total. The van der Waals surface area contributed by atoms with Crippen LogP contribution in [0.25, 0.3) is 5.57 Å². The van der Waals surface area contributed by atoms with Crippen LogP contribution in [0.1, 0.15) is 70.9 Å². The van der Waals surface area contributed by atoms with E-state index in [0.717, 1.165) is 6.26 Å². The first-order chi connectivity index (χ1) is 19.5. The smallest absolute Gasteiger partial charge is 0.415 e. The zero-order valence-corrected chi connectivity index (χ0v) is 26.3. The average molecular weight is 605 g/mol. The molecule has 0 aliphatic carbocycles. The van der Waals surface area contributed by atoms with Gasteiger partial charge in [0, 0.05) is 26.7 Å². The Morgan fingerprint density at radius 1 is 1.10 bits per heavy atom. The van der Waals surface area contributed by atoms with Crippen LogP contribution in [0.4, 0.5) is 21.3 Å². The molecule has 2 rings (SSSR count). The van der Waals surface area contributed by atoms with Crippen molar-refractivity contribution in [2.24, 2.45) is 5.10 Å². The summed E-state index contributed by atoms with van der Waals surface area (Å²) >= 11 is 6.31. The molecule has 0 fully saturated rings. The number of aromatic nitrogens is 1. The number of anilines is 2. The van der Waals surface area contributed by atoms with Crippen LogP contribution in [0, 0.1) is 0 Å². The van der Waals surface area contributed by atoms with Gasteiger partial charge >= 0.3 is 18.2 Å². The van der Waals surface area contributed by atoms with Gasteiger partial charge in [-0.3, -0.25) is 4.79 Å². The second kappa shape index (κ2) is 14.7. The SMILES string of the molecule is C=C(/C=N\N(C)CCCN(CC)C(=O)OC(C)(C)C)c1ccc(Cl)c(NC(=O)c2coc(NC(=O)OC(C)(C)C)n2)c1. The fourth-order valence-electron chi connectivity index (χ4n) is 3.33. The number of benzene rings is 1. The molecule has 0 saturated heterocycles. The Morgan fingerprint density at radius 2 is 1.76 bits per heavy atom. The number of hydrogen-bond donors (Lipinski definition) is 2. The monoisotopic (exact) mass is 604 g/mol. The highest BCUT2D eigenvalue weighted by Crippen LogP contribution is 2.26. The normalized spacial score (nSPS) is 11.6. The number of nitrogens with one attached hydrogen (secondary N) is 2. The first-order valence-corrected chi connectivity index (χ1v) is 13.8. The topological polar surface area (TPSA) is 139 Å². The van der Waals surface area contributed by atoms with Crippen LogP contribution in [-0.2, 0) is 9.47 Å². The maximum Gasteiger partial charge on any atom is 0.415 e. The number of nitrogens with zero attached hydrogens (tertiary/aromatic N) is 4. The maximum absolute atomic E-state index is 12.7. The van der Waals surface area contributed by atoms with Gasteiger partial charge in [-0.1, -0.05) is 24.2 Å². The number of oxazole rings is 1. The van der Waals surface area contributed by atoms with Gasteiger partial charge in [-0.25, -0.2) is 14.9 Å². The van der Waals surface area contributed by atoms with E-state index in [4.69, 9.17) is 25.5 Å². The highest BCUT2D eigenvalue weighted by atomic mass is 35.5. The highest BCUT2D eigenvalue weighted by Gasteiger charge is 2.21. The summed E-state index contributed by atoms with van der Waals surface area (Å²) in [6, 6.07) is 4.86. The molecule has 1 heterocycles. The van der Waals surface area contributed by atoms with Crippen molar-refractivity contribution in [1.29, 1.82) is 0 Å². The number of carbonyl (C=O) groups is 3. The molecule has 0 spiro atoms. The zero-order valence-electron chi connectivity index (χ0n) is 25.5. The standard InChI is InChI=1S/C29H41ClN6O6/c1-10-36(27(39)42-29(6,7)8)15-11-14-35(9)31-17-19(2)20-12-13-21(30)22(16-20)32-24(37)23-18-40-25(33-23)34-26(38)41-28(3,4)5/h12-13,16-18H,2,10-11,14-15H2,1,3-9H3,(H,32,37)(H,33,34,38)/b31-17-. The molecule has 2 aromatic rings. The second-order valence-corrected chi connectivity index (χ2v) is 11.8. The van der Waals surface area contributed by atoms with Crippen LogP contribution in [0.2, 0.25) is 5.02 Å². The zero-order chi connectivity index (χ0) is 31.7. The van der Waals surface area contributed by atoms with E-state index in [9.17, 15) is 14.4 Å². The van der Waals surface area contributed by atoms with Gasteiger partial charge in [0.2, 0.25) is 0 Å². The van der Waals surface area contributed by atoms with Gasteiger partial charge in [0.05, 0.1) is 16.9 Å². The second-order valence-electron chi connectivity index (χ2n) is 11.4. The molecular weight excluding hydrogens is 564 g/mol. The number of hydrazone groups is 1. The molecule has 0 atom stereocenters. The lowest BCUT2D eigenvalue weighted by Crippen LogP contribution is -2.38. The number of halogens is 1. The maximum atomic E-state index is 12.7. The summed E-state index contributed by atoms with van der Waals surface area (Å²) in [7, 11) is 1.82. The lowest BCUT2D eigenvalue weighted by Gasteiger charge is -2.27. The summed E-state index contributed by atoms with van der Waals surface area (Å²) in [6.07, 6.45) is 2.31. The molecular formula is C29H41ClN6O6. The number of ether oxygens (including phenoxy) is 2. The van der Waals surface area contributed by atoms with Gasteiger partial charge in [-0.2, -0.15) is 10.1 Å². The molecule has 0 radical (unpaired) electrons. The van der Waals surface area contributed by atoms with Crippen LogP contribution < -0.4 is 10.6 Å². The molecule has 0 saturated carbocycles. The van der Waals surface area contributed by atoms with Gasteiger partial charge < -0.3 is 29.1 Å². The average Bonchev–Trinajstić information content (AvgIpc) is 3.32. The molecule has 0 unspecified atom stereocenters. The fourth-order valence-corrected chi connectivity index (χ4v) is 3.49. The minimum atomic E-state index is -0.762. The lowest BCUT2D eigenvalue weighted by atomic mass is 10.1. The minimum absolute atomic E-state index is 0.0714. The van der Waals surface area contributed by atoms with E-state index in [1.54, 1.807) is 55.1 Å². The summed E-state index contributed by atoms with van der Waals surface area (Å²) in [5.41, 5.74) is 0.273. The first kappa shape index (κ1) is 34.1. The van der Waals surface area contributed by atoms with E-state index in [0.29, 0.717) is 47.9 Å². The van der Waals surface area contributed by atoms with Gasteiger partial charge in [0.25, 0.3) is 5.91 Å². The third kappa shape index (κ3) is 11.8. The third-order valence-electron chi connectivity index (χ3n) is 5.28. The summed E-state index contributed by atoms with van der Waals surface area (Å²) in [6.45, 7) is 18.3. The number of hydrogen-bond acceptors (Lipinski definition) is 9. The van der Waals surface area contributed by atoms with E-state index in [1.807, 2.05) is 34.7 Å². The van der Waals surface area contributed by atoms with E-state index in [1.165, 1.54) is 0 Å². The quantitative estimate of drug-likeness (QED) is 0.219. The van der Waals surface area contributed by atoms with Gasteiger partial charge in [-0.15, -0.1) is 0 Å². The Kier molecular flexibility index (Phi) is 12.0. The summed E-state index contributed by atoms with van der Waals surface area (Å²) in [5, 5.41) is 11.5. The Hall–Kier alpha value is -4.06. The summed E-state index contributed by atoms with van der Waals surface area (Å²) in [5.74, 6) is -0.596. The highest BCUT2D eigenvalue weighted by molar-refractivity contribution is 6.34. The summed E-state index contributed by atoms with van der Waals surface area (Å²) < 4.78 is 15.7. The summed E-state index contributed by atoms with van der Waals surface area (Å²) in [4.78, 5) is 42.6. The van der Waals surface area contributed by atoms with E-state index >= 15 is 0 Å². The number of amides is 3. The predicted octanol–water partition coefficient (Wildman–Crippen LogP) is 6.51. The fraction of sp³-hybridized carbons (Fsp3) is 0.483. The van der Waals surface area contributed by atoms with Crippen molar-refractivity contribution < 1.29 is 28.3 Å². The molecule has 1 aromatic carbocycles. The lowest BCUT2D eigenvalue weighted by molar-refractivity contribution is 0.0254. The van der Waals surface area contributed by atoms with Crippen molar-refractivity contribution in [1.82, 2.24) is 14.9 Å². The molecule has 0 aliphatic rings.